The van der Waals surface area contributed by atoms with Crippen molar-refractivity contribution in [2.75, 3.05) is 24.9 Å². The summed E-state index contributed by atoms with van der Waals surface area (Å²) < 4.78 is 23.8. The molecule has 0 aliphatic carbocycles. The van der Waals surface area contributed by atoms with E-state index in [0.29, 0.717) is 35.1 Å². The van der Waals surface area contributed by atoms with Gasteiger partial charge in [0, 0.05) is 24.0 Å². The highest BCUT2D eigenvalue weighted by Gasteiger charge is 2.09. The minimum Gasteiger partial charge on any atom is -0.493 e. The third-order valence-electron chi connectivity index (χ3n) is 4.03. The van der Waals surface area contributed by atoms with Crippen LogP contribution in [0.5, 0.6) is 11.5 Å². The number of nitrogens with zero attached hydrogens (tertiary/aromatic N) is 1. The lowest BCUT2D eigenvalue weighted by molar-refractivity contribution is 0.102. The molecule has 0 saturated heterocycles. The Hall–Kier alpha value is -3.61. The predicted molar refractivity (Wildman–Crippen MR) is 105 cm³/mol. The van der Waals surface area contributed by atoms with E-state index in [2.05, 4.69) is 15.6 Å². The van der Waals surface area contributed by atoms with Crippen LogP contribution in [-0.4, -0.2) is 25.1 Å². The van der Waals surface area contributed by atoms with Crippen LogP contribution in [0.4, 0.5) is 15.9 Å². The van der Waals surface area contributed by atoms with Gasteiger partial charge in [0.1, 0.15) is 11.6 Å². The molecule has 0 spiro atoms. The molecule has 144 valence electrons. The van der Waals surface area contributed by atoms with E-state index in [1.165, 1.54) is 24.4 Å². The zero-order valence-corrected chi connectivity index (χ0v) is 15.5. The van der Waals surface area contributed by atoms with E-state index in [-0.39, 0.29) is 5.91 Å². The number of methoxy groups -OCH3 is 2. The maximum atomic E-state index is 13.3. The quantitative estimate of drug-likeness (QED) is 0.645. The summed E-state index contributed by atoms with van der Waals surface area (Å²) in [5.74, 6) is 1.08. The number of pyridine rings is 1. The highest BCUT2D eigenvalue weighted by Crippen LogP contribution is 2.27. The van der Waals surface area contributed by atoms with Gasteiger partial charge in [-0.05, 0) is 48.0 Å². The molecule has 6 nitrogen and oxygen atoms in total. The molecule has 0 unspecified atom stereocenters. The van der Waals surface area contributed by atoms with Gasteiger partial charge in [-0.3, -0.25) is 4.79 Å². The van der Waals surface area contributed by atoms with Gasteiger partial charge in [-0.2, -0.15) is 0 Å². The maximum absolute atomic E-state index is 13.3. The number of halogens is 1. The molecule has 3 rings (SSSR count). The Morgan fingerprint density at radius 1 is 1.04 bits per heavy atom. The molecule has 3 aromatic rings. The average Bonchev–Trinajstić information content (AvgIpc) is 2.72. The average molecular weight is 381 g/mol. The summed E-state index contributed by atoms with van der Waals surface area (Å²) in [5.41, 5.74) is 1.77. The lowest BCUT2D eigenvalue weighted by Crippen LogP contribution is -2.13. The fourth-order valence-corrected chi connectivity index (χ4v) is 2.62. The Morgan fingerprint density at radius 3 is 2.61 bits per heavy atom. The SMILES string of the molecule is COc1ccc(CNc2cc(C(=O)Nc3cccc(F)c3)ccn2)cc1OC. The van der Waals surface area contributed by atoms with Crippen LogP contribution in [0.2, 0.25) is 0 Å². The van der Waals surface area contributed by atoms with Crippen LogP contribution >= 0.6 is 0 Å². The van der Waals surface area contributed by atoms with Gasteiger partial charge in [-0.1, -0.05) is 12.1 Å². The summed E-state index contributed by atoms with van der Waals surface area (Å²) in [4.78, 5) is 16.6. The topological polar surface area (TPSA) is 72.5 Å². The number of rotatable bonds is 7. The molecule has 0 radical (unpaired) electrons. The van der Waals surface area contributed by atoms with Crippen molar-refractivity contribution in [1.82, 2.24) is 4.98 Å². The predicted octanol–water partition coefficient (Wildman–Crippen LogP) is 4.10. The molecule has 0 saturated carbocycles. The molecular formula is C21H20FN3O3. The zero-order valence-electron chi connectivity index (χ0n) is 15.5. The molecule has 28 heavy (non-hydrogen) atoms. The highest BCUT2D eigenvalue weighted by atomic mass is 19.1. The molecule has 2 N–H and O–H groups in total. The Kier molecular flexibility index (Phi) is 6.06. The molecular weight excluding hydrogens is 361 g/mol. The second kappa shape index (κ2) is 8.85. The first-order valence-electron chi connectivity index (χ1n) is 8.57. The fourth-order valence-electron chi connectivity index (χ4n) is 2.62. The van der Waals surface area contributed by atoms with E-state index in [4.69, 9.17) is 9.47 Å². The van der Waals surface area contributed by atoms with Crippen LogP contribution in [0.3, 0.4) is 0 Å². The van der Waals surface area contributed by atoms with Gasteiger partial charge < -0.3 is 20.1 Å². The summed E-state index contributed by atoms with van der Waals surface area (Å²) >= 11 is 0. The number of anilines is 2. The van der Waals surface area contributed by atoms with Crippen molar-refractivity contribution in [2.24, 2.45) is 0 Å². The van der Waals surface area contributed by atoms with E-state index < -0.39 is 5.82 Å². The monoisotopic (exact) mass is 381 g/mol. The fraction of sp³-hybridized carbons (Fsp3) is 0.143. The van der Waals surface area contributed by atoms with Gasteiger partial charge >= 0.3 is 0 Å². The first-order chi connectivity index (χ1) is 13.6. The Balaban J connectivity index is 1.67. The highest BCUT2D eigenvalue weighted by molar-refractivity contribution is 6.04. The standard InChI is InChI=1S/C21H20FN3O3/c1-27-18-7-6-14(10-19(18)28-2)13-24-20-11-15(8-9-23-20)21(26)25-17-5-3-4-16(22)12-17/h3-12H,13H2,1-2H3,(H,23,24)(H,25,26). The number of nitrogens with one attached hydrogen (secondary N) is 2. The zero-order chi connectivity index (χ0) is 19.9. The number of ether oxygens (including phenoxy) is 2. The summed E-state index contributed by atoms with van der Waals surface area (Å²) in [6, 6.07) is 14.6. The number of hydrogen-bond acceptors (Lipinski definition) is 5. The molecule has 0 aliphatic rings. The van der Waals surface area contributed by atoms with E-state index in [1.807, 2.05) is 18.2 Å². The van der Waals surface area contributed by atoms with Crippen LogP contribution in [0, 0.1) is 5.82 Å². The van der Waals surface area contributed by atoms with Crippen molar-refractivity contribution in [3.05, 3.63) is 77.7 Å². The van der Waals surface area contributed by atoms with Crippen molar-refractivity contribution >= 4 is 17.4 Å². The molecule has 0 fully saturated rings. The Bertz CT molecular complexity index is 979. The molecule has 7 heteroatoms. The minimum absolute atomic E-state index is 0.345. The second-order valence-electron chi connectivity index (χ2n) is 5.94. The molecule has 0 aliphatic heterocycles. The molecule has 0 atom stereocenters. The van der Waals surface area contributed by atoms with Gasteiger partial charge in [0.15, 0.2) is 11.5 Å². The molecule has 2 aromatic carbocycles. The van der Waals surface area contributed by atoms with Crippen molar-refractivity contribution < 1.29 is 18.7 Å². The van der Waals surface area contributed by atoms with Crippen molar-refractivity contribution in [2.45, 2.75) is 6.54 Å². The number of hydrogen-bond donors (Lipinski definition) is 2. The van der Waals surface area contributed by atoms with E-state index >= 15 is 0 Å². The minimum atomic E-state index is -0.412. The lowest BCUT2D eigenvalue weighted by atomic mass is 10.2. The lowest BCUT2D eigenvalue weighted by Gasteiger charge is -2.11. The van der Waals surface area contributed by atoms with Gasteiger partial charge in [0.05, 0.1) is 14.2 Å². The summed E-state index contributed by atoms with van der Waals surface area (Å²) in [5, 5.41) is 5.83. The number of amides is 1. The normalized spacial score (nSPS) is 10.2. The second-order valence-corrected chi connectivity index (χ2v) is 5.94. The van der Waals surface area contributed by atoms with E-state index in [0.717, 1.165) is 5.56 Å². The van der Waals surface area contributed by atoms with Gasteiger partial charge in [0.2, 0.25) is 0 Å². The molecule has 1 amide bonds. The maximum Gasteiger partial charge on any atom is 0.255 e. The summed E-state index contributed by atoms with van der Waals surface area (Å²) in [7, 11) is 3.16. The largest absolute Gasteiger partial charge is 0.493 e. The number of carbonyl (C=O) groups is 1. The van der Waals surface area contributed by atoms with Gasteiger partial charge in [-0.25, -0.2) is 9.37 Å². The van der Waals surface area contributed by atoms with E-state index in [1.54, 1.807) is 32.4 Å². The summed E-state index contributed by atoms with van der Waals surface area (Å²) in [6.45, 7) is 0.488. The summed E-state index contributed by atoms with van der Waals surface area (Å²) in [6.07, 6.45) is 1.54. The van der Waals surface area contributed by atoms with Crippen LogP contribution < -0.4 is 20.1 Å². The third kappa shape index (κ3) is 4.76. The van der Waals surface area contributed by atoms with Crippen molar-refractivity contribution in [1.29, 1.82) is 0 Å². The number of aromatic nitrogens is 1. The first-order valence-corrected chi connectivity index (χ1v) is 8.57. The Morgan fingerprint density at radius 2 is 1.86 bits per heavy atom. The van der Waals surface area contributed by atoms with Crippen molar-refractivity contribution in [3.63, 3.8) is 0 Å². The smallest absolute Gasteiger partial charge is 0.255 e. The Labute approximate surface area is 162 Å². The van der Waals surface area contributed by atoms with Crippen LogP contribution in [0.1, 0.15) is 15.9 Å². The number of carbonyl (C=O) groups excluding carboxylic acids is 1. The van der Waals surface area contributed by atoms with Gasteiger partial charge in [-0.15, -0.1) is 0 Å². The van der Waals surface area contributed by atoms with Crippen LogP contribution in [0.25, 0.3) is 0 Å². The molecule has 1 aromatic heterocycles. The van der Waals surface area contributed by atoms with Crippen LogP contribution in [0.15, 0.2) is 60.8 Å². The first kappa shape index (κ1) is 19.2. The van der Waals surface area contributed by atoms with E-state index in [9.17, 15) is 9.18 Å². The third-order valence-corrected chi connectivity index (χ3v) is 4.03. The van der Waals surface area contributed by atoms with Gasteiger partial charge in [0.25, 0.3) is 5.91 Å². The van der Waals surface area contributed by atoms with Crippen LogP contribution in [-0.2, 0) is 6.54 Å². The molecule has 0 bridgehead atoms. The van der Waals surface area contributed by atoms with Crippen molar-refractivity contribution in [3.8, 4) is 11.5 Å². The molecule has 1 heterocycles. The number of benzene rings is 2.